The van der Waals surface area contributed by atoms with Crippen molar-refractivity contribution in [2.45, 2.75) is 33.2 Å². The second-order valence-electron chi connectivity index (χ2n) is 6.72. The van der Waals surface area contributed by atoms with Crippen LogP contribution in [0.25, 0.3) is 5.76 Å². The number of Topliss-reactive ketones (excluding diaryl/α,β-unsaturated/α-hetero) is 1. The van der Waals surface area contributed by atoms with Crippen molar-refractivity contribution in [2.75, 3.05) is 6.54 Å². The first-order valence-electron chi connectivity index (χ1n) is 8.86. The van der Waals surface area contributed by atoms with Crippen LogP contribution in [0.2, 0.25) is 0 Å². The Labute approximate surface area is 153 Å². The molecular formula is C22H23NO3. The van der Waals surface area contributed by atoms with Gasteiger partial charge in [0.2, 0.25) is 0 Å². The van der Waals surface area contributed by atoms with E-state index >= 15 is 0 Å². The van der Waals surface area contributed by atoms with Crippen LogP contribution in [-0.2, 0) is 9.59 Å². The third-order valence-corrected chi connectivity index (χ3v) is 4.77. The van der Waals surface area contributed by atoms with E-state index in [-0.39, 0.29) is 11.3 Å². The Hall–Kier alpha value is -2.88. The number of hydrogen-bond donors (Lipinski definition) is 1. The standard InChI is InChI=1S/C22H23NO3/c1-4-12-23-19(16-8-6-5-7-9-16)18(21(25)22(23)26)20(24)17-13-14(2)10-11-15(17)3/h5-11,13,19,24H,4,12H2,1-3H3/b20-18+. The minimum Gasteiger partial charge on any atom is -0.507 e. The van der Waals surface area contributed by atoms with Crippen LogP contribution in [-0.4, -0.2) is 28.2 Å². The van der Waals surface area contributed by atoms with Crippen LogP contribution in [0, 0.1) is 13.8 Å². The molecule has 1 fully saturated rings. The van der Waals surface area contributed by atoms with Gasteiger partial charge in [-0.15, -0.1) is 0 Å². The van der Waals surface area contributed by atoms with Crippen molar-refractivity contribution in [3.05, 3.63) is 76.4 Å². The van der Waals surface area contributed by atoms with Gasteiger partial charge in [-0.3, -0.25) is 9.59 Å². The summed E-state index contributed by atoms with van der Waals surface area (Å²) < 4.78 is 0. The van der Waals surface area contributed by atoms with Gasteiger partial charge in [0.1, 0.15) is 5.76 Å². The fourth-order valence-corrected chi connectivity index (χ4v) is 3.47. The number of aliphatic hydroxyl groups excluding tert-OH is 1. The van der Waals surface area contributed by atoms with Crippen molar-refractivity contribution in [2.24, 2.45) is 0 Å². The molecule has 4 nitrogen and oxygen atoms in total. The molecule has 1 N–H and O–H groups in total. The molecule has 1 aliphatic heterocycles. The number of aryl methyl sites for hydroxylation is 2. The Kier molecular flexibility index (Phi) is 4.94. The van der Waals surface area contributed by atoms with Gasteiger partial charge in [-0.05, 0) is 37.5 Å². The molecule has 1 amide bonds. The lowest BCUT2D eigenvalue weighted by Crippen LogP contribution is -2.30. The zero-order valence-electron chi connectivity index (χ0n) is 15.3. The van der Waals surface area contributed by atoms with Gasteiger partial charge < -0.3 is 10.0 Å². The number of hydrogen-bond acceptors (Lipinski definition) is 3. The molecule has 1 saturated heterocycles. The van der Waals surface area contributed by atoms with E-state index in [9.17, 15) is 14.7 Å². The zero-order chi connectivity index (χ0) is 18.8. The normalized spacial score (nSPS) is 19.2. The lowest BCUT2D eigenvalue weighted by Gasteiger charge is -2.25. The molecule has 0 radical (unpaired) electrons. The van der Waals surface area contributed by atoms with E-state index in [1.165, 1.54) is 0 Å². The Morgan fingerprint density at radius 2 is 1.77 bits per heavy atom. The lowest BCUT2D eigenvalue weighted by molar-refractivity contribution is -0.139. The van der Waals surface area contributed by atoms with Crippen LogP contribution in [0.1, 0.15) is 41.6 Å². The van der Waals surface area contributed by atoms with Crippen molar-refractivity contribution in [1.82, 2.24) is 4.90 Å². The van der Waals surface area contributed by atoms with Crippen LogP contribution >= 0.6 is 0 Å². The molecule has 3 rings (SSSR count). The Morgan fingerprint density at radius 3 is 2.42 bits per heavy atom. The van der Waals surface area contributed by atoms with Gasteiger partial charge in [-0.1, -0.05) is 55.0 Å². The van der Waals surface area contributed by atoms with E-state index in [4.69, 9.17) is 0 Å². The maximum atomic E-state index is 12.8. The number of nitrogens with zero attached hydrogens (tertiary/aromatic N) is 1. The van der Waals surface area contributed by atoms with Gasteiger partial charge in [-0.25, -0.2) is 0 Å². The molecule has 0 aliphatic carbocycles. The van der Waals surface area contributed by atoms with Gasteiger partial charge in [-0.2, -0.15) is 0 Å². The van der Waals surface area contributed by atoms with E-state index < -0.39 is 17.7 Å². The number of amides is 1. The highest BCUT2D eigenvalue weighted by molar-refractivity contribution is 6.46. The van der Waals surface area contributed by atoms with Crippen molar-refractivity contribution < 1.29 is 14.7 Å². The van der Waals surface area contributed by atoms with Crippen LogP contribution in [0.4, 0.5) is 0 Å². The monoisotopic (exact) mass is 349 g/mol. The number of rotatable bonds is 4. The van der Waals surface area contributed by atoms with Gasteiger partial charge in [0.25, 0.3) is 11.7 Å². The van der Waals surface area contributed by atoms with E-state index in [1.807, 2.05) is 69.3 Å². The Balaban J connectivity index is 2.23. The summed E-state index contributed by atoms with van der Waals surface area (Å²) in [5.74, 6) is -1.27. The van der Waals surface area contributed by atoms with E-state index in [0.717, 1.165) is 23.1 Å². The third-order valence-electron chi connectivity index (χ3n) is 4.77. The van der Waals surface area contributed by atoms with Gasteiger partial charge in [0.15, 0.2) is 0 Å². The molecule has 1 aliphatic rings. The van der Waals surface area contributed by atoms with Crippen LogP contribution in [0.15, 0.2) is 54.1 Å². The molecule has 2 aromatic rings. The van der Waals surface area contributed by atoms with Crippen LogP contribution in [0.5, 0.6) is 0 Å². The molecule has 0 aromatic heterocycles. The Bertz CT molecular complexity index is 884. The van der Waals surface area contributed by atoms with E-state index in [0.29, 0.717) is 12.1 Å². The average Bonchev–Trinajstić information content (AvgIpc) is 2.89. The summed E-state index contributed by atoms with van der Waals surface area (Å²) in [7, 11) is 0. The molecule has 2 aromatic carbocycles. The highest BCUT2D eigenvalue weighted by atomic mass is 16.3. The predicted octanol–water partition coefficient (Wildman–Crippen LogP) is 4.14. The van der Waals surface area contributed by atoms with Crippen molar-refractivity contribution in [3.63, 3.8) is 0 Å². The molecule has 0 saturated carbocycles. The van der Waals surface area contributed by atoms with Gasteiger partial charge in [0, 0.05) is 12.1 Å². The maximum absolute atomic E-state index is 12.8. The highest BCUT2D eigenvalue weighted by Crippen LogP contribution is 2.39. The van der Waals surface area contributed by atoms with E-state index in [2.05, 4.69) is 0 Å². The summed E-state index contributed by atoms with van der Waals surface area (Å²) >= 11 is 0. The number of likely N-dealkylation sites (tertiary alicyclic amines) is 1. The van der Waals surface area contributed by atoms with Gasteiger partial charge >= 0.3 is 0 Å². The second-order valence-corrected chi connectivity index (χ2v) is 6.72. The summed E-state index contributed by atoms with van der Waals surface area (Å²) in [6.07, 6.45) is 0.736. The topological polar surface area (TPSA) is 57.6 Å². The first kappa shape index (κ1) is 17.9. The molecule has 1 unspecified atom stereocenters. The average molecular weight is 349 g/mol. The first-order chi connectivity index (χ1) is 12.5. The predicted molar refractivity (Wildman–Crippen MR) is 102 cm³/mol. The SMILES string of the molecule is CCCN1C(=O)C(=O)/C(=C(/O)c2cc(C)ccc2C)C1c1ccccc1. The fraction of sp³-hybridized carbons (Fsp3) is 0.273. The number of carbonyl (C=O) groups excluding carboxylic acids is 2. The highest BCUT2D eigenvalue weighted by Gasteiger charge is 2.45. The van der Waals surface area contributed by atoms with Crippen LogP contribution < -0.4 is 0 Å². The zero-order valence-corrected chi connectivity index (χ0v) is 15.3. The van der Waals surface area contributed by atoms with E-state index in [1.54, 1.807) is 4.90 Å². The smallest absolute Gasteiger partial charge is 0.295 e. The molecule has 134 valence electrons. The number of aliphatic hydroxyl groups is 1. The molecular weight excluding hydrogens is 326 g/mol. The summed E-state index contributed by atoms with van der Waals surface area (Å²) in [5, 5.41) is 11.0. The Morgan fingerprint density at radius 1 is 1.08 bits per heavy atom. The summed E-state index contributed by atoms with van der Waals surface area (Å²) in [4.78, 5) is 26.9. The number of carbonyl (C=O) groups is 2. The third kappa shape index (κ3) is 3.03. The summed E-state index contributed by atoms with van der Waals surface area (Å²) in [5.41, 5.74) is 3.44. The maximum Gasteiger partial charge on any atom is 0.295 e. The summed E-state index contributed by atoms with van der Waals surface area (Å²) in [6.45, 7) is 6.24. The number of benzene rings is 2. The molecule has 4 heteroatoms. The van der Waals surface area contributed by atoms with Crippen molar-refractivity contribution in [1.29, 1.82) is 0 Å². The number of ketones is 1. The molecule has 0 spiro atoms. The molecule has 1 heterocycles. The van der Waals surface area contributed by atoms with Gasteiger partial charge in [0.05, 0.1) is 11.6 Å². The quantitative estimate of drug-likeness (QED) is 0.513. The first-order valence-corrected chi connectivity index (χ1v) is 8.86. The molecule has 1 atom stereocenters. The van der Waals surface area contributed by atoms with Crippen LogP contribution in [0.3, 0.4) is 0 Å². The minimum absolute atomic E-state index is 0.1000. The van der Waals surface area contributed by atoms with Crippen molar-refractivity contribution >= 4 is 17.4 Å². The largest absolute Gasteiger partial charge is 0.507 e. The summed E-state index contributed by atoms with van der Waals surface area (Å²) in [6, 6.07) is 14.6. The lowest BCUT2D eigenvalue weighted by atomic mass is 9.93. The second kappa shape index (κ2) is 7.16. The molecule has 26 heavy (non-hydrogen) atoms. The minimum atomic E-state index is -0.620. The fourth-order valence-electron chi connectivity index (χ4n) is 3.47. The van der Waals surface area contributed by atoms with Crippen molar-refractivity contribution in [3.8, 4) is 0 Å². The molecule has 0 bridgehead atoms.